The molecule has 1 aliphatic rings. The number of benzene rings is 2. The molecule has 110 valence electrons. The van der Waals surface area contributed by atoms with Crippen LogP contribution in [0.4, 0.5) is 5.69 Å². The molecule has 4 heteroatoms. The fraction of sp³-hybridized carbons (Fsp3) is 0.294. The van der Waals surface area contributed by atoms with Crippen LogP contribution in [0.15, 0.2) is 36.4 Å². The van der Waals surface area contributed by atoms with Crippen LogP contribution in [0.25, 0.3) is 0 Å². The first-order valence-electron chi connectivity index (χ1n) is 7.06. The van der Waals surface area contributed by atoms with E-state index in [1.165, 1.54) is 11.1 Å². The third-order valence-corrected chi connectivity index (χ3v) is 4.49. The Morgan fingerprint density at radius 2 is 2.00 bits per heavy atom. The molecule has 0 saturated heterocycles. The summed E-state index contributed by atoms with van der Waals surface area (Å²) in [6.45, 7) is 0. The first kappa shape index (κ1) is 14.6. The van der Waals surface area contributed by atoms with Crippen molar-refractivity contribution in [3.8, 4) is 5.75 Å². The monoisotopic (exact) mass is 321 g/mol. The molecule has 2 aromatic carbocycles. The molecular formula is C17H17Cl2NO. The second-order valence-electron chi connectivity index (χ2n) is 5.28. The molecule has 0 amide bonds. The maximum absolute atomic E-state index is 6.25. The Bertz CT molecular complexity index is 657. The molecule has 0 saturated carbocycles. The minimum Gasteiger partial charge on any atom is -0.497 e. The molecule has 3 rings (SSSR count). The molecular weight excluding hydrogens is 305 g/mol. The van der Waals surface area contributed by atoms with Crippen molar-refractivity contribution in [2.45, 2.75) is 25.3 Å². The van der Waals surface area contributed by atoms with Crippen molar-refractivity contribution in [3.05, 3.63) is 57.6 Å². The molecule has 1 atom stereocenters. The van der Waals surface area contributed by atoms with Crippen LogP contribution in [-0.4, -0.2) is 7.11 Å². The quantitative estimate of drug-likeness (QED) is 0.806. The van der Waals surface area contributed by atoms with E-state index in [1.54, 1.807) is 13.2 Å². The van der Waals surface area contributed by atoms with Crippen molar-refractivity contribution in [3.63, 3.8) is 0 Å². The zero-order valence-electron chi connectivity index (χ0n) is 11.8. The summed E-state index contributed by atoms with van der Waals surface area (Å²) in [6.07, 6.45) is 3.33. The van der Waals surface area contributed by atoms with Crippen LogP contribution in [-0.2, 0) is 6.42 Å². The number of hydrogen-bond acceptors (Lipinski definition) is 2. The highest BCUT2D eigenvalue weighted by Crippen LogP contribution is 2.36. The lowest BCUT2D eigenvalue weighted by molar-refractivity contribution is 0.413. The van der Waals surface area contributed by atoms with Gasteiger partial charge in [-0.15, -0.1) is 0 Å². The van der Waals surface area contributed by atoms with Crippen molar-refractivity contribution >= 4 is 28.9 Å². The lowest BCUT2D eigenvalue weighted by Gasteiger charge is -2.28. The fourth-order valence-electron chi connectivity index (χ4n) is 2.86. The summed E-state index contributed by atoms with van der Waals surface area (Å²) < 4.78 is 5.31. The van der Waals surface area contributed by atoms with E-state index in [9.17, 15) is 0 Å². The second kappa shape index (κ2) is 6.17. The zero-order valence-corrected chi connectivity index (χ0v) is 13.3. The topological polar surface area (TPSA) is 21.3 Å². The number of halogens is 2. The van der Waals surface area contributed by atoms with Gasteiger partial charge in [-0.1, -0.05) is 29.3 Å². The summed E-state index contributed by atoms with van der Waals surface area (Å²) in [7, 11) is 1.70. The standard InChI is InChI=1S/C17H17Cl2NO/c1-21-13-6-7-14-11(9-13)3-2-4-16(14)20-17-10-12(18)5-8-15(17)19/h5-10,16,20H,2-4H2,1H3. The van der Waals surface area contributed by atoms with Gasteiger partial charge >= 0.3 is 0 Å². The van der Waals surface area contributed by atoms with Crippen LogP contribution in [0.5, 0.6) is 5.75 Å². The summed E-state index contributed by atoms with van der Waals surface area (Å²) in [5.74, 6) is 0.912. The lowest BCUT2D eigenvalue weighted by Crippen LogP contribution is -2.17. The molecule has 2 aromatic rings. The molecule has 0 aliphatic heterocycles. The first-order chi connectivity index (χ1) is 10.2. The Kier molecular flexibility index (Phi) is 4.27. The van der Waals surface area contributed by atoms with Crippen LogP contribution in [0, 0.1) is 0 Å². The van der Waals surface area contributed by atoms with Crippen LogP contribution < -0.4 is 10.1 Å². The maximum atomic E-state index is 6.25. The number of fused-ring (bicyclic) bond motifs is 1. The predicted octanol–water partition coefficient (Wildman–Crippen LogP) is 5.49. The molecule has 0 fully saturated rings. The number of aryl methyl sites for hydroxylation is 1. The average molecular weight is 322 g/mol. The highest BCUT2D eigenvalue weighted by Gasteiger charge is 2.21. The summed E-state index contributed by atoms with van der Waals surface area (Å²) in [6, 6.07) is 12.0. The van der Waals surface area contributed by atoms with Gasteiger partial charge in [-0.05, 0) is 60.7 Å². The minimum atomic E-state index is 0.260. The normalized spacial score (nSPS) is 17.2. The van der Waals surface area contributed by atoms with E-state index in [0.717, 1.165) is 30.7 Å². The number of nitrogens with one attached hydrogen (secondary N) is 1. The summed E-state index contributed by atoms with van der Waals surface area (Å²) >= 11 is 12.3. The van der Waals surface area contributed by atoms with E-state index in [-0.39, 0.29) is 6.04 Å². The van der Waals surface area contributed by atoms with Crippen LogP contribution >= 0.6 is 23.2 Å². The summed E-state index contributed by atoms with van der Waals surface area (Å²) in [5, 5.41) is 4.91. The van der Waals surface area contributed by atoms with Gasteiger partial charge in [-0.3, -0.25) is 0 Å². The van der Waals surface area contributed by atoms with Gasteiger partial charge in [0.05, 0.1) is 23.9 Å². The molecule has 2 nitrogen and oxygen atoms in total. The minimum absolute atomic E-state index is 0.260. The maximum Gasteiger partial charge on any atom is 0.119 e. The molecule has 0 bridgehead atoms. The van der Waals surface area contributed by atoms with E-state index in [0.29, 0.717) is 10.0 Å². The third kappa shape index (κ3) is 3.12. The third-order valence-electron chi connectivity index (χ3n) is 3.92. The Labute approximate surface area is 135 Å². The van der Waals surface area contributed by atoms with Gasteiger partial charge < -0.3 is 10.1 Å². The Morgan fingerprint density at radius 1 is 1.14 bits per heavy atom. The molecule has 0 radical (unpaired) electrons. The molecule has 21 heavy (non-hydrogen) atoms. The largest absolute Gasteiger partial charge is 0.497 e. The molecule has 1 aliphatic carbocycles. The van der Waals surface area contributed by atoms with Gasteiger partial charge in [0.2, 0.25) is 0 Å². The van der Waals surface area contributed by atoms with Crippen molar-refractivity contribution in [1.29, 1.82) is 0 Å². The molecule has 1 N–H and O–H groups in total. The highest BCUT2D eigenvalue weighted by atomic mass is 35.5. The summed E-state index contributed by atoms with van der Waals surface area (Å²) in [5.41, 5.74) is 3.55. The smallest absolute Gasteiger partial charge is 0.119 e. The molecule has 0 aromatic heterocycles. The van der Waals surface area contributed by atoms with Gasteiger partial charge in [0.1, 0.15) is 5.75 Å². The van der Waals surface area contributed by atoms with E-state index in [2.05, 4.69) is 17.4 Å². The summed E-state index contributed by atoms with van der Waals surface area (Å²) in [4.78, 5) is 0. The number of anilines is 1. The average Bonchev–Trinajstić information content (AvgIpc) is 2.50. The first-order valence-corrected chi connectivity index (χ1v) is 7.81. The SMILES string of the molecule is COc1ccc2c(c1)CCCC2Nc1cc(Cl)ccc1Cl. The van der Waals surface area contributed by atoms with Crippen LogP contribution in [0.2, 0.25) is 10.0 Å². The number of methoxy groups -OCH3 is 1. The fourth-order valence-corrected chi connectivity index (χ4v) is 3.21. The van der Waals surface area contributed by atoms with E-state index >= 15 is 0 Å². The predicted molar refractivity (Wildman–Crippen MR) is 88.8 cm³/mol. The van der Waals surface area contributed by atoms with Crippen molar-refractivity contribution in [2.24, 2.45) is 0 Å². The highest BCUT2D eigenvalue weighted by molar-refractivity contribution is 6.35. The number of rotatable bonds is 3. The van der Waals surface area contributed by atoms with Gasteiger partial charge in [-0.25, -0.2) is 0 Å². The Morgan fingerprint density at radius 3 is 2.81 bits per heavy atom. The van der Waals surface area contributed by atoms with Crippen LogP contribution in [0.1, 0.15) is 30.0 Å². The molecule has 0 spiro atoms. The van der Waals surface area contributed by atoms with Gasteiger partial charge in [0, 0.05) is 5.02 Å². The van der Waals surface area contributed by atoms with Gasteiger partial charge in [-0.2, -0.15) is 0 Å². The van der Waals surface area contributed by atoms with Crippen molar-refractivity contribution in [1.82, 2.24) is 0 Å². The van der Waals surface area contributed by atoms with Gasteiger partial charge in [0.15, 0.2) is 0 Å². The molecule has 0 heterocycles. The Hall–Kier alpha value is -1.38. The Balaban J connectivity index is 1.90. The second-order valence-corrected chi connectivity index (χ2v) is 6.12. The number of hydrogen-bond donors (Lipinski definition) is 1. The zero-order chi connectivity index (χ0) is 14.8. The molecule has 1 unspecified atom stereocenters. The van der Waals surface area contributed by atoms with E-state index in [4.69, 9.17) is 27.9 Å². The van der Waals surface area contributed by atoms with Gasteiger partial charge in [0.25, 0.3) is 0 Å². The lowest BCUT2D eigenvalue weighted by atomic mass is 9.87. The number of ether oxygens (including phenoxy) is 1. The van der Waals surface area contributed by atoms with E-state index in [1.807, 2.05) is 18.2 Å². The van der Waals surface area contributed by atoms with Crippen molar-refractivity contribution in [2.75, 3.05) is 12.4 Å². The van der Waals surface area contributed by atoms with E-state index < -0.39 is 0 Å². The van der Waals surface area contributed by atoms with Crippen LogP contribution in [0.3, 0.4) is 0 Å². The van der Waals surface area contributed by atoms with Crippen molar-refractivity contribution < 1.29 is 4.74 Å².